The van der Waals surface area contributed by atoms with Gasteiger partial charge in [-0.25, -0.2) is 0 Å². The van der Waals surface area contributed by atoms with Gasteiger partial charge in [0, 0.05) is 7.05 Å². The Bertz CT molecular complexity index is 745. The number of hydrogen-bond donors (Lipinski definition) is 1. The van der Waals surface area contributed by atoms with E-state index in [0.29, 0.717) is 17.3 Å². The number of hydrogen-bond acceptors (Lipinski definition) is 4. The molecule has 0 atom stereocenters. The van der Waals surface area contributed by atoms with Crippen molar-refractivity contribution in [3.63, 3.8) is 0 Å². The number of likely N-dealkylation sites (N-methyl/N-ethyl adjacent to an activating group) is 2. The van der Waals surface area contributed by atoms with Gasteiger partial charge in [-0.05, 0) is 38.2 Å². The van der Waals surface area contributed by atoms with E-state index in [2.05, 4.69) is 5.32 Å². The molecule has 0 saturated heterocycles. The van der Waals surface area contributed by atoms with Gasteiger partial charge >= 0.3 is 0 Å². The minimum absolute atomic E-state index is 0.0880. The molecule has 0 radical (unpaired) electrons. The Morgan fingerprint density at radius 1 is 1.12 bits per heavy atom. The average molecular weight is 364 g/mol. The monoisotopic (exact) mass is 363 g/mol. The lowest BCUT2D eigenvalue weighted by Gasteiger charge is -2.21. The van der Waals surface area contributed by atoms with E-state index in [1.165, 1.54) is 0 Å². The van der Waals surface area contributed by atoms with E-state index >= 15 is 0 Å². The lowest BCUT2D eigenvalue weighted by Crippen LogP contribution is -2.39. The Hall–Kier alpha value is -2.31. The zero-order chi connectivity index (χ0) is 18.4. The van der Waals surface area contributed by atoms with Crippen molar-refractivity contribution in [2.75, 3.05) is 32.5 Å². The number of benzene rings is 1. The summed E-state index contributed by atoms with van der Waals surface area (Å²) in [5, 5.41) is 3.21. The maximum atomic E-state index is 12.2. The van der Waals surface area contributed by atoms with Crippen LogP contribution in [0.25, 0.3) is 0 Å². The van der Waals surface area contributed by atoms with Gasteiger partial charge in [-0.1, -0.05) is 23.7 Å². The van der Waals surface area contributed by atoms with E-state index in [4.69, 9.17) is 16.0 Å². The van der Waals surface area contributed by atoms with Crippen LogP contribution >= 0.6 is 11.6 Å². The summed E-state index contributed by atoms with van der Waals surface area (Å²) in [5.74, 6) is 1.21. The van der Waals surface area contributed by atoms with E-state index < -0.39 is 0 Å². The number of nitrogens with zero attached hydrogens (tertiary/aromatic N) is 2. The molecule has 0 fully saturated rings. The fraction of sp³-hybridized carbons (Fsp3) is 0.333. The van der Waals surface area contributed by atoms with Crippen LogP contribution in [0.3, 0.4) is 0 Å². The second-order valence-electron chi connectivity index (χ2n) is 5.96. The minimum Gasteiger partial charge on any atom is -0.464 e. The van der Waals surface area contributed by atoms with Crippen molar-refractivity contribution in [3.8, 4) is 0 Å². The highest BCUT2D eigenvalue weighted by atomic mass is 35.5. The molecule has 1 aromatic carbocycles. The number of furan rings is 1. The molecule has 0 saturated carbocycles. The van der Waals surface area contributed by atoms with Gasteiger partial charge in [0.05, 0.1) is 30.3 Å². The van der Waals surface area contributed by atoms with E-state index in [0.717, 1.165) is 11.5 Å². The molecule has 1 heterocycles. The number of carbonyl (C=O) groups excluding carboxylic acids is 2. The van der Waals surface area contributed by atoms with Gasteiger partial charge in [-0.15, -0.1) is 0 Å². The van der Waals surface area contributed by atoms with Gasteiger partial charge < -0.3 is 14.6 Å². The third kappa shape index (κ3) is 5.92. The van der Waals surface area contributed by atoms with Crippen molar-refractivity contribution >= 4 is 29.1 Å². The normalized spacial score (nSPS) is 10.8. The van der Waals surface area contributed by atoms with Crippen LogP contribution in [0, 0.1) is 6.92 Å². The first kappa shape index (κ1) is 19.0. The number of anilines is 1. The van der Waals surface area contributed by atoms with Crippen molar-refractivity contribution in [1.29, 1.82) is 0 Å². The molecule has 25 heavy (non-hydrogen) atoms. The Labute approximate surface area is 152 Å². The summed E-state index contributed by atoms with van der Waals surface area (Å²) < 4.78 is 5.47. The quantitative estimate of drug-likeness (QED) is 0.821. The highest BCUT2D eigenvalue weighted by Crippen LogP contribution is 2.20. The molecule has 6 nitrogen and oxygen atoms in total. The Balaban J connectivity index is 1.80. The maximum Gasteiger partial charge on any atom is 0.238 e. The number of nitrogens with one attached hydrogen (secondary N) is 1. The number of aryl methyl sites for hydroxylation is 1. The molecule has 2 amide bonds. The summed E-state index contributed by atoms with van der Waals surface area (Å²) >= 11 is 6.01. The van der Waals surface area contributed by atoms with E-state index in [9.17, 15) is 9.59 Å². The number of rotatable bonds is 7. The molecular formula is C18H22ClN3O3. The Morgan fingerprint density at radius 3 is 2.48 bits per heavy atom. The summed E-state index contributed by atoms with van der Waals surface area (Å²) in [7, 11) is 3.42. The molecular weight excluding hydrogens is 342 g/mol. The smallest absolute Gasteiger partial charge is 0.238 e. The van der Waals surface area contributed by atoms with Crippen LogP contribution in [-0.2, 0) is 16.1 Å². The maximum absolute atomic E-state index is 12.2. The van der Waals surface area contributed by atoms with E-state index in [1.54, 1.807) is 48.2 Å². The number of carbonyl (C=O) groups is 2. The first-order valence-electron chi connectivity index (χ1n) is 7.87. The average Bonchev–Trinajstić information content (AvgIpc) is 2.94. The highest BCUT2D eigenvalue weighted by Gasteiger charge is 2.16. The van der Waals surface area contributed by atoms with Crippen molar-refractivity contribution in [3.05, 3.63) is 52.9 Å². The lowest BCUT2D eigenvalue weighted by atomic mass is 10.3. The van der Waals surface area contributed by atoms with Crippen molar-refractivity contribution in [2.24, 2.45) is 0 Å². The molecule has 0 bridgehead atoms. The first-order valence-corrected chi connectivity index (χ1v) is 8.25. The second-order valence-corrected chi connectivity index (χ2v) is 6.37. The predicted octanol–water partition coefficient (Wildman–Crippen LogP) is 2.77. The molecule has 1 N–H and O–H groups in total. The summed E-state index contributed by atoms with van der Waals surface area (Å²) in [5.41, 5.74) is 0.555. The molecule has 0 spiro atoms. The SMILES string of the molecule is Cc1ccc(CN(C)C(=O)CN(C)CC(=O)Nc2ccccc2Cl)o1. The van der Waals surface area contributed by atoms with Gasteiger partial charge in [0.25, 0.3) is 0 Å². The third-order valence-electron chi connectivity index (χ3n) is 3.58. The Kier molecular flexibility index (Phi) is 6.61. The lowest BCUT2D eigenvalue weighted by molar-refractivity contribution is -0.131. The van der Waals surface area contributed by atoms with Crippen LogP contribution in [0.2, 0.25) is 5.02 Å². The molecule has 2 aromatic rings. The van der Waals surface area contributed by atoms with Crippen molar-refractivity contribution in [2.45, 2.75) is 13.5 Å². The molecule has 0 aliphatic carbocycles. The summed E-state index contributed by atoms with van der Waals surface area (Å²) in [6.07, 6.45) is 0. The summed E-state index contributed by atoms with van der Waals surface area (Å²) in [6, 6.07) is 10.7. The molecule has 134 valence electrons. The van der Waals surface area contributed by atoms with Crippen LogP contribution in [0.5, 0.6) is 0 Å². The van der Waals surface area contributed by atoms with Crippen molar-refractivity contribution in [1.82, 2.24) is 9.80 Å². The van der Waals surface area contributed by atoms with Gasteiger partial charge in [0.1, 0.15) is 11.5 Å². The predicted molar refractivity (Wildman–Crippen MR) is 97.5 cm³/mol. The largest absolute Gasteiger partial charge is 0.464 e. The summed E-state index contributed by atoms with van der Waals surface area (Å²) in [4.78, 5) is 27.5. The highest BCUT2D eigenvalue weighted by molar-refractivity contribution is 6.33. The van der Waals surface area contributed by atoms with Gasteiger partial charge in [-0.3, -0.25) is 14.5 Å². The number of para-hydroxylation sites is 1. The molecule has 2 rings (SSSR count). The molecule has 7 heteroatoms. The van der Waals surface area contributed by atoms with Crippen LogP contribution in [-0.4, -0.2) is 48.8 Å². The number of halogens is 1. The van der Waals surface area contributed by atoms with Gasteiger partial charge in [0.2, 0.25) is 11.8 Å². The fourth-order valence-electron chi connectivity index (χ4n) is 2.30. The summed E-state index contributed by atoms with van der Waals surface area (Å²) in [6.45, 7) is 2.47. The van der Waals surface area contributed by atoms with Gasteiger partial charge in [-0.2, -0.15) is 0 Å². The molecule has 0 aliphatic rings. The van der Waals surface area contributed by atoms with Gasteiger partial charge in [0.15, 0.2) is 0 Å². The molecule has 1 aromatic heterocycles. The van der Waals surface area contributed by atoms with Crippen LogP contribution in [0.1, 0.15) is 11.5 Å². The van der Waals surface area contributed by atoms with E-state index in [-0.39, 0.29) is 24.9 Å². The molecule has 0 unspecified atom stereocenters. The second kappa shape index (κ2) is 8.69. The fourth-order valence-corrected chi connectivity index (χ4v) is 2.48. The number of amides is 2. The zero-order valence-corrected chi connectivity index (χ0v) is 15.3. The minimum atomic E-state index is -0.229. The topological polar surface area (TPSA) is 65.8 Å². The Morgan fingerprint density at radius 2 is 1.84 bits per heavy atom. The third-order valence-corrected chi connectivity index (χ3v) is 3.91. The zero-order valence-electron chi connectivity index (χ0n) is 14.6. The first-order chi connectivity index (χ1) is 11.8. The van der Waals surface area contributed by atoms with Crippen LogP contribution in [0.15, 0.2) is 40.8 Å². The van der Waals surface area contributed by atoms with Crippen LogP contribution < -0.4 is 5.32 Å². The molecule has 0 aliphatic heterocycles. The van der Waals surface area contributed by atoms with Crippen LogP contribution in [0.4, 0.5) is 5.69 Å². The van der Waals surface area contributed by atoms with Crippen molar-refractivity contribution < 1.29 is 14.0 Å². The van der Waals surface area contributed by atoms with E-state index in [1.807, 2.05) is 19.1 Å². The standard InChI is InChI=1S/C18H22ClN3O3/c1-13-8-9-14(25-13)10-22(3)18(24)12-21(2)11-17(23)20-16-7-5-4-6-15(16)19/h4-9H,10-12H2,1-3H3,(H,20,23).